The molecule has 0 saturated heterocycles. The highest BCUT2D eigenvalue weighted by Crippen LogP contribution is 2.29. The van der Waals surface area contributed by atoms with E-state index in [2.05, 4.69) is 0 Å². The van der Waals surface area contributed by atoms with Gasteiger partial charge in [0.1, 0.15) is 0 Å². The molecule has 0 heterocycles. The number of ketones is 1. The molecule has 0 spiro atoms. The average molecular weight is 204 g/mol. The Morgan fingerprint density at radius 3 is 2.47 bits per heavy atom. The molecule has 1 aliphatic rings. The number of rotatable bonds is 4. The third kappa shape index (κ3) is 2.65. The molecule has 78 valence electrons. The third-order valence-corrected chi connectivity index (χ3v) is 2.35. The van der Waals surface area contributed by atoms with E-state index in [9.17, 15) is 9.59 Å². The van der Waals surface area contributed by atoms with Crippen LogP contribution in [-0.4, -0.2) is 18.4 Å². The Kier molecular flexibility index (Phi) is 2.81. The summed E-state index contributed by atoms with van der Waals surface area (Å²) in [5.41, 5.74) is 0.584. The lowest BCUT2D eigenvalue weighted by Gasteiger charge is -2.02. The van der Waals surface area contributed by atoms with Crippen molar-refractivity contribution in [2.45, 2.75) is 12.8 Å². The Morgan fingerprint density at radius 2 is 1.87 bits per heavy atom. The molecule has 3 heteroatoms. The SMILES string of the molecule is O=C(COC(=O)C1CC1)c1ccccc1. The fourth-order valence-corrected chi connectivity index (χ4v) is 1.28. The number of Topliss-reactive ketones (excluding diaryl/α,β-unsaturated/α-hetero) is 1. The maximum Gasteiger partial charge on any atom is 0.309 e. The number of carbonyl (C=O) groups is 2. The molecule has 0 aromatic heterocycles. The Labute approximate surface area is 88.1 Å². The van der Waals surface area contributed by atoms with E-state index in [4.69, 9.17) is 4.74 Å². The van der Waals surface area contributed by atoms with E-state index in [1.807, 2.05) is 6.07 Å². The van der Waals surface area contributed by atoms with E-state index in [-0.39, 0.29) is 24.3 Å². The molecule has 15 heavy (non-hydrogen) atoms. The lowest BCUT2D eigenvalue weighted by Crippen LogP contribution is -2.14. The number of esters is 1. The van der Waals surface area contributed by atoms with Crippen molar-refractivity contribution in [3.05, 3.63) is 35.9 Å². The van der Waals surface area contributed by atoms with Crippen molar-refractivity contribution in [2.75, 3.05) is 6.61 Å². The zero-order chi connectivity index (χ0) is 10.7. The first-order valence-electron chi connectivity index (χ1n) is 5.02. The maximum absolute atomic E-state index is 11.5. The normalized spacial score (nSPS) is 14.7. The Hall–Kier alpha value is -1.64. The molecule has 2 rings (SSSR count). The molecule has 1 fully saturated rings. The molecule has 1 aromatic carbocycles. The highest BCUT2D eigenvalue weighted by molar-refractivity contribution is 5.98. The van der Waals surface area contributed by atoms with Gasteiger partial charge in [0.15, 0.2) is 12.4 Å². The van der Waals surface area contributed by atoms with Crippen LogP contribution in [0.1, 0.15) is 23.2 Å². The fourth-order valence-electron chi connectivity index (χ4n) is 1.28. The van der Waals surface area contributed by atoms with Crippen LogP contribution in [0.5, 0.6) is 0 Å². The summed E-state index contributed by atoms with van der Waals surface area (Å²) in [6, 6.07) is 8.85. The fraction of sp³-hybridized carbons (Fsp3) is 0.333. The molecule has 1 aromatic rings. The van der Waals surface area contributed by atoms with E-state index in [0.717, 1.165) is 12.8 Å². The van der Waals surface area contributed by atoms with Gasteiger partial charge >= 0.3 is 5.97 Å². The zero-order valence-electron chi connectivity index (χ0n) is 8.31. The second-order valence-corrected chi connectivity index (χ2v) is 3.67. The van der Waals surface area contributed by atoms with Crippen molar-refractivity contribution < 1.29 is 14.3 Å². The summed E-state index contributed by atoms with van der Waals surface area (Å²) in [7, 11) is 0. The van der Waals surface area contributed by atoms with Gasteiger partial charge in [-0.15, -0.1) is 0 Å². The van der Waals surface area contributed by atoms with Crippen LogP contribution in [0.15, 0.2) is 30.3 Å². The molecule has 0 unspecified atom stereocenters. The first-order valence-corrected chi connectivity index (χ1v) is 5.02. The molecular formula is C12H12O3. The summed E-state index contributed by atoms with van der Waals surface area (Å²) in [6.45, 7) is -0.140. The first-order chi connectivity index (χ1) is 7.27. The van der Waals surface area contributed by atoms with Gasteiger partial charge in [-0.2, -0.15) is 0 Å². The second-order valence-electron chi connectivity index (χ2n) is 3.67. The lowest BCUT2D eigenvalue weighted by atomic mass is 10.1. The van der Waals surface area contributed by atoms with Crippen molar-refractivity contribution in [2.24, 2.45) is 5.92 Å². The number of ether oxygens (including phenoxy) is 1. The predicted octanol–water partition coefficient (Wildman–Crippen LogP) is 1.82. The summed E-state index contributed by atoms with van der Waals surface area (Å²) in [6.07, 6.45) is 1.80. The predicted molar refractivity (Wildman–Crippen MR) is 54.5 cm³/mol. The van der Waals surface area contributed by atoms with Gasteiger partial charge in [0.2, 0.25) is 0 Å². The molecule has 1 saturated carbocycles. The van der Waals surface area contributed by atoms with E-state index < -0.39 is 0 Å². The summed E-state index contributed by atoms with van der Waals surface area (Å²) in [5, 5.41) is 0. The highest BCUT2D eigenvalue weighted by Gasteiger charge is 2.31. The molecule has 1 aliphatic carbocycles. The van der Waals surface area contributed by atoms with Crippen LogP contribution in [0, 0.1) is 5.92 Å². The molecule has 0 radical (unpaired) electrons. The van der Waals surface area contributed by atoms with Gasteiger partial charge in [0.05, 0.1) is 5.92 Å². The topological polar surface area (TPSA) is 43.4 Å². The van der Waals surface area contributed by atoms with Crippen LogP contribution < -0.4 is 0 Å². The van der Waals surface area contributed by atoms with Gasteiger partial charge in [-0.05, 0) is 12.8 Å². The van der Waals surface area contributed by atoms with Gasteiger partial charge in [-0.1, -0.05) is 30.3 Å². The number of hydrogen-bond acceptors (Lipinski definition) is 3. The Bertz CT molecular complexity index is 366. The first kappa shape index (κ1) is 9.90. The minimum atomic E-state index is -0.237. The summed E-state index contributed by atoms with van der Waals surface area (Å²) in [4.78, 5) is 22.7. The molecule has 3 nitrogen and oxygen atoms in total. The molecule has 0 atom stereocenters. The Balaban J connectivity index is 1.84. The molecule has 0 N–H and O–H groups in total. The standard InChI is InChI=1S/C12H12O3/c13-11(9-4-2-1-3-5-9)8-15-12(14)10-6-7-10/h1-5,10H,6-8H2. The maximum atomic E-state index is 11.5. The largest absolute Gasteiger partial charge is 0.457 e. The molecule has 0 aliphatic heterocycles. The molecule has 0 bridgehead atoms. The van der Waals surface area contributed by atoms with Crippen molar-refractivity contribution in [3.8, 4) is 0 Å². The summed E-state index contributed by atoms with van der Waals surface area (Å²) in [5.74, 6) is -0.336. The molecule has 0 amide bonds. The summed E-state index contributed by atoms with van der Waals surface area (Å²) < 4.78 is 4.89. The van der Waals surface area contributed by atoms with E-state index in [1.165, 1.54) is 0 Å². The quantitative estimate of drug-likeness (QED) is 0.555. The third-order valence-electron chi connectivity index (χ3n) is 2.35. The van der Waals surface area contributed by atoms with Gasteiger partial charge in [-0.25, -0.2) is 0 Å². The van der Waals surface area contributed by atoms with Crippen molar-refractivity contribution in [1.29, 1.82) is 0 Å². The minimum absolute atomic E-state index is 0.0496. The van der Waals surface area contributed by atoms with Crippen molar-refractivity contribution in [3.63, 3.8) is 0 Å². The smallest absolute Gasteiger partial charge is 0.309 e. The zero-order valence-corrected chi connectivity index (χ0v) is 8.31. The monoisotopic (exact) mass is 204 g/mol. The minimum Gasteiger partial charge on any atom is -0.457 e. The van der Waals surface area contributed by atoms with Crippen LogP contribution in [0.4, 0.5) is 0 Å². The highest BCUT2D eigenvalue weighted by atomic mass is 16.5. The van der Waals surface area contributed by atoms with Gasteiger partial charge < -0.3 is 4.74 Å². The second kappa shape index (κ2) is 4.26. The van der Waals surface area contributed by atoms with Crippen LogP contribution in [0.3, 0.4) is 0 Å². The summed E-state index contributed by atoms with van der Waals surface area (Å²) >= 11 is 0. The molecular weight excluding hydrogens is 192 g/mol. The van der Waals surface area contributed by atoms with Crippen LogP contribution in [0.2, 0.25) is 0 Å². The average Bonchev–Trinajstić information content (AvgIpc) is 3.10. The lowest BCUT2D eigenvalue weighted by molar-refractivity contribution is -0.144. The van der Waals surface area contributed by atoms with Gasteiger partial charge in [0, 0.05) is 5.56 Å². The van der Waals surface area contributed by atoms with E-state index >= 15 is 0 Å². The van der Waals surface area contributed by atoms with Gasteiger partial charge in [-0.3, -0.25) is 9.59 Å². The number of hydrogen-bond donors (Lipinski definition) is 0. The van der Waals surface area contributed by atoms with Crippen LogP contribution in [0.25, 0.3) is 0 Å². The van der Waals surface area contributed by atoms with E-state index in [1.54, 1.807) is 24.3 Å². The van der Waals surface area contributed by atoms with Crippen LogP contribution >= 0.6 is 0 Å². The van der Waals surface area contributed by atoms with Gasteiger partial charge in [0.25, 0.3) is 0 Å². The van der Waals surface area contributed by atoms with Crippen molar-refractivity contribution in [1.82, 2.24) is 0 Å². The number of carbonyl (C=O) groups excluding carboxylic acids is 2. The Morgan fingerprint density at radius 1 is 1.20 bits per heavy atom. The van der Waals surface area contributed by atoms with E-state index in [0.29, 0.717) is 5.56 Å². The van der Waals surface area contributed by atoms with Crippen LogP contribution in [-0.2, 0) is 9.53 Å². The number of benzene rings is 1. The van der Waals surface area contributed by atoms with Crippen molar-refractivity contribution >= 4 is 11.8 Å².